The van der Waals surface area contributed by atoms with Gasteiger partial charge in [0.2, 0.25) is 0 Å². The predicted octanol–water partition coefficient (Wildman–Crippen LogP) is 5.77. The van der Waals surface area contributed by atoms with Gasteiger partial charge in [0.15, 0.2) is 0 Å². The molecule has 1 aromatic heterocycles. The first-order valence-electron chi connectivity index (χ1n) is 12.2. The largest absolute Gasteiger partial charge is 0.331 e. The van der Waals surface area contributed by atoms with Crippen LogP contribution in [0.2, 0.25) is 0 Å². The van der Waals surface area contributed by atoms with Crippen molar-refractivity contribution in [3.63, 3.8) is 0 Å². The monoisotopic (exact) mass is 452 g/mol. The van der Waals surface area contributed by atoms with Crippen molar-refractivity contribution in [2.24, 2.45) is 5.92 Å². The van der Waals surface area contributed by atoms with Crippen LogP contribution in [0.25, 0.3) is 11.0 Å². The fourth-order valence-electron chi connectivity index (χ4n) is 4.10. The number of amides is 1. The highest BCUT2D eigenvalue weighted by Gasteiger charge is 2.21. The maximum atomic E-state index is 13.8. The van der Waals surface area contributed by atoms with E-state index in [4.69, 9.17) is 4.98 Å². The molecular weight excluding hydrogens is 415 g/mol. The summed E-state index contributed by atoms with van der Waals surface area (Å²) in [5, 5.41) is 3.49. The molecule has 1 amide bonds. The van der Waals surface area contributed by atoms with E-state index in [-0.39, 0.29) is 11.8 Å². The number of aryl methyl sites for hydroxylation is 1. The summed E-state index contributed by atoms with van der Waals surface area (Å²) >= 11 is 0. The summed E-state index contributed by atoms with van der Waals surface area (Å²) in [4.78, 5) is 20.0. The smallest absolute Gasteiger partial charge is 0.254 e. The van der Waals surface area contributed by atoms with Crippen molar-refractivity contribution in [2.75, 3.05) is 13.1 Å². The molecule has 178 valence electrons. The molecule has 0 unspecified atom stereocenters. The van der Waals surface area contributed by atoms with Crippen molar-refractivity contribution in [1.82, 2.24) is 19.8 Å². The number of imidazole rings is 1. The third kappa shape index (κ3) is 6.64. The molecule has 6 heteroatoms. The van der Waals surface area contributed by atoms with Crippen LogP contribution in [-0.2, 0) is 19.6 Å². The number of aromatic nitrogens is 2. The number of benzene rings is 2. The summed E-state index contributed by atoms with van der Waals surface area (Å²) in [6, 6.07) is 12.4. The molecule has 0 saturated heterocycles. The maximum absolute atomic E-state index is 13.8. The van der Waals surface area contributed by atoms with Crippen LogP contribution in [-0.4, -0.2) is 33.4 Å². The highest BCUT2D eigenvalue weighted by molar-refractivity contribution is 5.94. The van der Waals surface area contributed by atoms with Crippen LogP contribution in [0.3, 0.4) is 0 Å². The Kier molecular flexibility index (Phi) is 9.01. The lowest BCUT2D eigenvalue weighted by Gasteiger charge is -2.25. The molecule has 3 rings (SSSR count). The highest BCUT2D eigenvalue weighted by atomic mass is 19.1. The molecule has 5 nitrogen and oxygen atoms in total. The number of rotatable bonds is 12. The number of unbranched alkanes of at least 4 members (excludes halogenated alkanes) is 1. The number of halogens is 1. The Bertz CT molecular complexity index is 1060. The SMILES string of the molecule is CCCCNCc1ccc2c(c1)nc(CN(CC(C)C)C(=O)c1cccc(F)c1)n2CCC. The van der Waals surface area contributed by atoms with Gasteiger partial charge in [0.25, 0.3) is 5.91 Å². The average Bonchev–Trinajstić information content (AvgIpc) is 3.12. The van der Waals surface area contributed by atoms with Crippen molar-refractivity contribution in [3.05, 3.63) is 65.2 Å². The van der Waals surface area contributed by atoms with Crippen LogP contribution in [0, 0.1) is 11.7 Å². The lowest BCUT2D eigenvalue weighted by Crippen LogP contribution is -2.34. The van der Waals surface area contributed by atoms with Gasteiger partial charge in [-0.1, -0.05) is 46.2 Å². The average molecular weight is 453 g/mol. The summed E-state index contributed by atoms with van der Waals surface area (Å²) in [5.41, 5.74) is 3.62. The van der Waals surface area contributed by atoms with Crippen LogP contribution in [0.15, 0.2) is 42.5 Å². The lowest BCUT2D eigenvalue weighted by molar-refractivity contribution is 0.0715. The normalized spacial score (nSPS) is 11.5. The molecule has 0 saturated carbocycles. The van der Waals surface area contributed by atoms with Gasteiger partial charge in [0.1, 0.15) is 11.6 Å². The van der Waals surface area contributed by atoms with E-state index in [0.29, 0.717) is 18.7 Å². The van der Waals surface area contributed by atoms with E-state index in [2.05, 4.69) is 55.8 Å². The third-order valence-corrected chi connectivity index (χ3v) is 5.65. The van der Waals surface area contributed by atoms with Gasteiger partial charge in [-0.25, -0.2) is 9.37 Å². The van der Waals surface area contributed by atoms with Crippen LogP contribution in [0.1, 0.15) is 68.7 Å². The van der Waals surface area contributed by atoms with Gasteiger partial charge in [-0.15, -0.1) is 0 Å². The van der Waals surface area contributed by atoms with E-state index in [1.165, 1.54) is 30.5 Å². The van der Waals surface area contributed by atoms with Gasteiger partial charge < -0.3 is 14.8 Å². The summed E-state index contributed by atoms with van der Waals surface area (Å²) in [5.74, 6) is 0.586. The molecule has 0 fully saturated rings. The zero-order chi connectivity index (χ0) is 23.8. The van der Waals surface area contributed by atoms with Crippen molar-refractivity contribution >= 4 is 16.9 Å². The fraction of sp³-hybridized carbons (Fsp3) is 0.481. The Morgan fingerprint density at radius 1 is 1.15 bits per heavy atom. The first-order chi connectivity index (χ1) is 15.9. The van der Waals surface area contributed by atoms with Crippen molar-refractivity contribution in [1.29, 1.82) is 0 Å². The molecule has 0 atom stereocenters. The Morgan fingerprint density at radius 2 is 1.97 bits per heavy atom. The molecule has 0 aliphatic heterocycles. The van der Waals surface area contributed by atoms with E-state index in [1.807, 2.05) is 0 Å². The van der Waals surface area contributed by atoms with E-state index >= 15 is 0 Å². The molecule has 2 aromatic carbocycles. The molecule has 1 heterocycles. The Morgan fingerprint density at radius 3 is 2.67 bits per heavy atom. The van der Waals surface area contributed by atoms with Crippen molar-refractivity contribution < 1.29 is 9.18 Å². The standard InChI is InChI=1S/C27H37FN4O/c1-5-7-13-29-17-21-11-12-25-24(15-21)30-26(32(25)14-6-2)19-31(18-20(3)4)27(33)22-9-8-10-23(28)16-22/h8-12,15-16,20,29H,5-7,13-14,17-19H2,1-4H3. The molecule has 0 bridgehead atoms. The molecule has 3 aromatic rings. The Hall–Kier alpha value is -2.73. The summed E-state index contributed by atoms with van der Waals surface area (Å²) in [6.45, 7) is 12.1. The van der Waals surface area contributed by atoms with Crippen LogP contribution in [0.4, 0.5) is 4.39 Å². The first kappa shape index (κ1) is 24.9. The maximum Gasteiger partial charge on any atom is 0.254 e. The van der Waals surface area contributed by atoms with E-state index in [0.717, 1.165) is 42.9 Å². The van der Waals surface area contributed by atoms with Crippen LogP contribution in [0.5, 0.6) is 0 Å². The van der Waals surface area contributed by atoms with Gasteiger partial charge in [-0.05, 0) is 61.2 Å². The molecule has 33 heavy (non-hydrogen) atoms. The number of fused-ring (bicyclic) bond motifs is 1. The summed E-state index contributed by atoms with van der Waals surface area (Å²) in [7, 11) is 0. The Balaban J connectivity index is 1.89. The second-order valence-electron chi connectivity index (χ2n) is 9.12. The third-order valence-electron chi connectivity index (χ3n) is 5.65. The number of nitrogens with zero attached hydrogens (tertiary/aromatic N) is 3. The predicted molar refractivity (Wildman–Crippen MR) is 133 cm³/mol. The zero-order valence-corrected chi connectivity index (χ0v) is 20.4. The molecule has 0 aliphatic rings. The van der Waals surface area contributed by atoms with Crippen molar-refractivity contribution in [2.45, 2.75) is 66.6 Å². The number of nitrogens with one attached hydrogen (secondary N) is 1. The highest BCUT2D eigenvalue weighted by Crippen LogP contribution is 2.21. The van der Waals surface area contributed by atoms with E-state index < -0.39 is 5.82 Å². The second-order valence-corrected chi connectivity index (χ2v) is 9.12. The fourth-order valence-corrected chi connectivity index (χ4v) is 4.10. The minimum absolute atomic E-state index is 0.167. The molecule has 0 spiro atoms. The number of hydrogen-bond acceptors (Lipinski definition) is 3. The minimum Gasteiger partial charge on any atom is -0.331 e. The van der Waals surface area contributed by atoms with Crippen LogP contribution >= 0.6 is 0 Å². The Labute approximate surface area is 197 Å². The zero-order valence-electron chi connectivity index (χ0n) is 20.4. The second kappa shape index (κ2) is 11.9. The van der Waals surface area contributed by atoms with Gasteiger partial charge in [-0.3, -0.25) is 4.79 Å². The van der Waals surface area contributed by atoms with E-state index in [9.17, 15) is 9.18 Å². The quantitative estimate of drug-likeness (QED) is 0.355. The molecule has 1 N–H and O–H groups in total. The van der Waals surface area contributed by atoms with Crippen LogP contribution < -0.4 is 5.32 Å². The van der Waals surface area contributed by atoms with Gasteiger partial charge in [0, 0.05) is 25.2 Å². The topological polar surface area (TPSA) is 50.2 Å². The number of carbonyl (C=O) groups excluding carboxylic acids is 1. The minimum atomic E-state index is -0.399. The first-order valence-corrected chi connectivity index (χ1v) is 12.2. The molecule has 0 aliphatic carbocycles. The summed E-state index contributed by atoms with van der Waals surface area (Å²) < 4.78 is 16.0. The van der Waals surface area contributed by atoms with Gasteiger partial charge in [-0.2, -0.15) is 0 Å². The van der Waals surface area contributed by atoms with Gasteiger partial charge >= 0.3 is 0 Å². The summed E-state index contributed by atoms with van der Waals surface area (Å²) in [6.07, 6.45) is 3.32. The molecule has 0 radical (unpaired) electrons. The number of hydrogen-bond donors (Lipinski definition) is 1. The van der Waals surface area contributed by atoms with Crippen molar-refractivity contribution in [3.8, 4) is 0 Å². The lowest BCUT2D eigenvalue weighted by atomic mass is 10.1. The molecular formula is C27H37FN4O. The number of carbonyl (C=O) groups is 1. The van der Waals surface area contributed by atoms with Gasteiger partial charge in [0.05, 0.1) is 17.6 Å². The van der Waals surface area contributed by atoms with E-state index in [1.54, 1.807) is 17.0 Å².